The molecule has 1 aromatic carbocycles. The van der Waals surface area contributed by atoms with E-state index < -0.39 is 5.97 Å². The number of hydrogen-bond acceptors (Lipinski definition) is 4. The van der Waals surface area contributed by atoms with Gasteiger partial charge in [-0.05, 0) is 49.8 Å². The highest BCUT2D eigenvalue weighted by atomic mass is 35.5. The molecule has 0 unspecified atom stereocenters. The van der Waals surface area contributed by atoms with E-state index in [1.54, 1.807) is 7.11 Å². The summed E-state index contributed by atoms with van der Waals surface area (Å²) in [6.07, 6.45) is 4.16. The van der Waals surface area contributed by atoms with E-state index in [0.29, 0.717) is 35.7 Å². The molecule has 0 saturated heterocycles. The number of halogens is 1. The van der Waals surface area contributed by atoms with Crippen molar-refractivity contribution in [1.29, 1.82) is 0 Å². The average Bonchev–Trinajstić information content (AvgIpc) is 2.58. The first-order valence-electron chi connectivity index (χ1n) is 8.50. The van der Waals surface area contributed by atoms with Crippen molar-refractivity contribution in [2.24, 2.45) is 5.92 Å². The summed E-state index contributed by atoms with van der Waals surface area (Å²) >= 11 is 6.33. The highest BCUT2D eigenvalue weighted by Gasteiger charge is 2.25. The van der Waals surface area contributed by atoms with Crippen LogP contribution in [-0.4, -0.2) is 30.8 Å². The summed E-state index contributed by atoms with van der Waals surface area (Å²) in [4.78, 5) is 11.0. The van der Waals surface area contributed by atoms with Crippen molar-refractivity contribution < 1.29 is 19.4 Å². The molecular weight excluding hydrogens is 330 g/mol. The molecule has 0 aromatic heterocycles. The Hall–Kier alpha value is -1.46. The van der Waals surface area contributed by atoms with Gasteiger partial charge in [-0.15, -0.1) is 0 Å². The summed E-state index contributed by atoms with van der Waals surface area (Å²) in [6.45, 7) is 3.31. The van der Waals surface area contributed by atoms with Crippen LogP contribution in [0.25, 0.3) is 0 Å². The molecule has 0 spiro atoms. The maximum atomic E-state index is 11.0. The van der Waals surface area contributed by atoms with Gasteiger partial charge in [-0.1, -0.05) is 18.5 Å². The van der Waals surface area contributed by atoms with Gasteiger partial charge in [0, 0.05) is 12.6 Å². The highest BCUT2D eigenvalue weighted by Crippen LogP contribution is 2.36. The van der Waals surface area contributed by atoms with Gasteiger partial charge in [0.25, 0.3) is 0 Å². The molecule has 2 N–H and O–H groups in total. The second kappa shape index (κ2) is 9.14. The Morgan fingerprint density at radius 1 is 1.33 bits per heavy atom. The first-order valence-corrected chi connectivity index (χ1v) is 8.88. The quantitative estimate of drug-likeness (QED) is 0.740. The zero-order chi connectivity index (χ0) is 17.5. The molecular formula is C18H26ClNO4. The van der Waals surface area contributed by atoms with Gasteiger partial charge in [0.05, 0.1) is 24.7 Å². The number of methoxy groups -OCH3 is 1. The van der Waals surface area contributed by atoms with E-state index in [0.717, 1.165) is 37.7 Å². The van der Waals surface area contributed by atoms with Crippen LogP contribution in [0.1, 0.15) is 44.6 Å². The van der Waals surface area contributed by atoms with Crippen LogP contribution >= 0.6 is 11.6 Å². The van der Waals surface area contributed by atoms with Crippen LogP contribution in [0.2, 0.25) is 5.02 Å². The van der Waals surface area contributed by atoms with Crippen molar-refractivity contribution in [1.82, 2.24) is 5.32 Å². The third-order valence-electron chi connectivity index (χ3n) is 4.41. The van der Waals surface area contributed by atoms with E-state index in [9.17, 15) is 4.79 Å². The molecule has 0 amide bonds. The monoisotopic (exact) mass is 355 g/mol. The number of aliphatic carboxylic acids is 1. The van der Waals surface area contributed by atoms with Crippen LogP contribution in [0.5, 0.6) is 11.5 Å². The lowest BCUT2D eigenvalue weighted by Crippen LogP contribution is -2.34. The lowest BCUT2D eigenvalue weighted by atomic mass is 9.86. The molecule has 0 heterocycles. The molecule has 0 radical (unpaired) electrons. The minimum absolute atomic E-state index is 0.187. The van der Waals surface area contributed by atoms with Crippen molar-refractivity contribution in [2.45, 2.75) is 51.6 Å². The molecule has 1 fully saturated rings. The average molecular weight is 356 g/mol. The molecule has 5 nitrogen and oxygen atoms in total. The van der Waals surface area contributed by atoms with Gasteiger partial charge in [0.1, 0.15) is 0 Å². The van der Waals surface area contributed by atoms with Crippen LogP contribution < -0.4 is 14.8 Å². The van der Waals surface area contributed by atoms with Crippen LogP contribution in [-0.2, 0) is 11.3 Å². The fourth-order valence-corrected chi connectivity index (χ4v) is 3.31. The summed E-state index contributed by atoms with van der Waals surface area (Å²) in [5, 5.41) is 13.1. The Balaban J connectivity index is 1.93. The molecule has 134 valence electrons. The second-order valence-corrected chi connectivity index (χ2v) is 6.63. The number of carboxylic acids is 1. The second-order valence-electron chi connectivity index (χ2n) is 6.23. The van der Waals surface area contributed by atoms with Gasteiger partial charge < -0.3 is 19.9 Å². The minimum Gasteiger partial charge on any atom is -0.493 e. The van der Waals surface area contributed by atoms with Gasteiger partial charge in [0.15, 0.2) is 11.5 Å². The predicted molar refractivity (Wildman–Crippen MR) is 94.0 cm³/mol. The number of rotatable bonds is 8. The van der Waals surface area contributed by atoms with Crippen molar-refractivity contribution >= 4 is 17.6 Å². The summed E-state index contributed by atoms with van der Waals surface area (Å²) in [6, 6.07) is 4.18. The van der Waals surface area contributed by atoms with E-state index in [1.807, 2.05) is 19.1 Å². The predicted octanol–water partition coefficient (Wildman–Crippen LogP) is 3.87. The van der Waals surface area contributed by atoms with Crippen LogP contribution in [0.15, 0.2) is 12.1 Å². The first-order chi connectivity index (χ1) is 11.5. The maximum absolute atomic E-state index is 11.0. The van der Waals surface area contributed by atoms with Crippen LogP contribution in [0, 0.1) is 5.92 Å². The van der Waals surface area contributed by atoms with Gasteiger partial charge in [-0.25, -0.2) is 0 Å². The maximum Gasteiger partial charge on any atom is 0.306 e. The molecule has 1 aliphatic carbocycles. The molecule has 0 aliphatic heterocycles. The number of carboxylic acid groups (broad SMARTS) is 1. The zero-order valence-electron chi connectivity index (χ0n) is 14.3. The fourth-order valence-electron chi connectivity index (χ4n) is 3.03. The minimum atomic E-state index is -0.673. The molecule has 1 aromatic rings. The van der Waals surface area contributed by atoms with Crippen molar-refractivity contribution in [3.05, 3.63) is 22.7 Å². The largest absolute Gasteiger partial charge is 0.493 e. The van der Waals surface area contributed by atoms with Gasteiger partial charge in [-0.2, -0.15) is 0 Å². The number of benzene rings is 1. The number of hydrogen-bond donors (Lipinski definition) is 2. The number of ether oxygens (including phenoxy) is 2. The lowest BCUT2D eigenvalue weighted by Gasteiger charge is -2.27. The molecule has 1 saturated carbocycles. The van der Waals surface area contributed by atoms with Crippen molar-refractivity contribution in [3.8, 4) is 11.5 Å². The molecule has 1 aliphatic rings. The van der Waals surface area contributed by atoms with Crippen LogP contribution in [0.4, 0.5) is 0 Å². The molecule has 6 heteroatoms. The van der Waals surface area contributed by atoms with Gasteiger partial charge in [-0.3, -0.25) is 4.79 Å². The summed E-state index contributed by atoms with van der Waals surface area (Å²) < 4.78 is 11.1. The van der Waals surface area contributed by atoms with E-state index in [-0.39, 0.29) is 5.92 Å². The highest BCUT2D eigenvalue weighted by molar-refractivity contribution is 6.32. The SMILES string of the molecule is CCCOc1c(Cl)cc(CNC2CCC(C(=O)O)CC2)cc1OC. The van der Waals surface area contributed by atoms with E-state index in [4.69, 9.17) is 26.2 Å². The molecule has 0 bridgehead atoms. The van der Waals surface area contributed by atoms with Crippen LogP contribution in [0.3, 0.4) is 0 Å². The Kier molecular flexibility index (Phi) is 7.18. The Bertz CT molecular complexity index is 556. The fraction of sp³-hybridized carbons (Fsp3) is 0.611. The first kappa shape index (κ1) is 18.9. The number of nitrogens with one attached hydrogen (secondary N) is 1. The molecule has 0 atom stereocenters. The Morgan fingerprint density at radius 3 is 2.62 bits per heavy atom. The van der Waals surface area contributed by atoms with Gasteiger partial charge >= 0.3 is 5.97 Å². The molecule has 2 rings (SSSR count). The summed E-state index contributed by atoms with van der Waals surface area (Å²) in [7, 11) is 1.61. The summed E-state index contributed by atoms with van der Waals surface area (Å²) in [5.41, 5.74) is 1.03. The third-order valence-corrected chi connectivity index (χ3v) is 4.69. The standard InChI is InChI=1S/C18H26ClNO4/c1-3-8-24-17-15(19)9-12(10-16(17)23-2)11-20-14-6-4-13(5-7-14)18(21)22/h9-10,13-14,20H,3-8,11H2,1-2H3,(H,21,22). The third kappa shape index (κ3) is 5.02. The zero-order valence-corrected chi connectivity index (χ0v) is 15.1. The van der Waals surface area contributed by atoms with E-state index in [1.165, 1.54) is 0 Å². The van der Waals surface area contributed by atoms with Gasteiger partial charge in [0.2, 0.25) is 0 Å². The van der Waals surface area contributed by atoms with Crippen molar-refractivity contribution in [3.63, 3.8) is 0 Å². The summed E-state index contributed by atoms with van der Waals surface area (Å²) in [5.74, 6) is 0.370. The Labute approximate surface area is 148 Å². The number of carbonyl (C=O) groups is 1. The lowest BCUT2D eigenvalue weighted by molar-refractivity contribution is -0.142. The van der Waals surface area contributed by atoms with Crippen molar-refractivity contribution in [2.75, 3.05) is 13.7 Å². The normalized spacial score (nSPS) is 20.6. The Morgan fingerprint density at radius 2 is 2.04 bits per heavy atom. The molecule has 24 heavy (non-hydrogen) atoms. The topological polar surface area (TPSA) is 67.8 Å². The van der Waals surface area contributed by atoms with E-state index >= 15 is 0 Å². The van der Waals surface area contributed by atoms with E-state index in [2.05, 4.69) is 5.32 Å². The smallest absolute Gasteiger partial charge is 0.306 e.